The zero-order chi connectivity index (χ0) is 14.5. The Hall–Kier alpha value is -1.54. The van der Waals surface area contributed by atoms with Crippen molar-refractivity contribution in [3.63, 3.8) is 0 Å². The van der Waals surface area contributed by atoms with Gasteiger partial charge in [-0.25, -0.2) is 9.97 Å². The van der Waals surface area contributed by atoms with Crippen molar-refractivity contribution in [3.05, 3.63) is 29.3 Å². The van der Waals surface area contributed by atoms with Gasteiger partial charge in [0.1, 0.15) is 6.10 Å². The van der Waals surface area contributed by atoms with Gasteiger partial charge in [0.05, 0.1) is 23.4 Å². The van der Waals surface area contributed by atoms with Crippen LogP contribution in [0.15, 0.2) is 29.3 Å². The van der Waals surface area contributed by atoms with Crippen molar-refractivity contribution >= 4 is 15.9 Å². The lowest BCUT2D eigenvalue weighted by Gasteiger charge is -2.31. The van der Waals surface area contributed by atoms with E-state index in [0.717, 1.165) is 43.5 Å². The van der Waals surface area contributed by atoms with Crippen LogP contribution >= 0.6 is 15.9 Å². The lowest BCUT2D eigenvalue weighted by molar-refractivity contribution is 0.0897. The van der Waals surface area contributed by atoms with Gasteiger partial charge in [-0.05, 0) is 28.8 Å². The van der Waals surface area contributed by atoms with E-state index in [0.29, 0.717) is 6.01 Å². The molecule has 1 fully saturated rings. The summed E-state index contributed by atoms with van der Waals surface area (Å²) >= 11 is 3.31. The standard InChI is InChI=1S/C13H17BrN6O/c14-11-9-15-13(16-10-11)21-12-1-5-19(6-2-12)7-8-20-17-3-4-18-20/h3-4,9-10,12H,1-2,5-8H2. The Bertz CT molecular complexity index is 538. The van der Waals surface area contributed by atoms with Crippen LogP contribution < -0.4 is 4.74 Å². The van der Waals surface area contributed by atoms with Gasteiger partial charge >= 0.3 is 6.01 Å². The first-order valence-corrected chi connectivity index (χ1v) is 7.79. The molecule has 2 aromatic rings. The molecule has 21 heavy (non-hydrogen) atoms. The molecule has 3 heterocycles. The second-order valence-corrected chi connectivity index (χ2v) is 5.88. The van der Waals surface area contributed by atoms with Crippen LogP contribution in [-0.4, -0.2) is 55.6 Å². The molecule has 0 N–H and O–H groups in total. The topological polar surface area (TPSA) is 69.0 Å². The summed E-state index contributed by atoms with van der Waals surface area (Å²) in [5, 5.41) is 8.22. The van der Waals surface area contributed by atoms with Crippen molar-refractivity contribution in [2.45, 2.75) is 25.5 Å². The lowest BCUT2D eigenvalue weighted by atomic mass is 10.1. The maximum Gasteiger partial charge on any atom is 0.316 e. The van der Waals surface area contributed by atoms with Crippen LogP contribution in [-0.2, 0) is 6.54 Å². The molecule has 0 aliphatic carbocycles. The molecule has 0 amide bonds. The molecule has 0 saturated carbocycles. The number of ether oxygens (including phenoxy) is 1. The number of aromatic nitrogens is 5. The summed E-state index contributed by atoms with van der Waals surface area (Å²) in [5.41, 5.74) is 0. The monoisotopic (exact) mass is 352 g/mol. The molecule has 3 rings (SSSR count). The minimum absolute atomic E-state index is 0.199. The van der Waals surface area contributed by atoms with Crippen molar-refractivity contribution in [1.82, 2.24) is 29.9 Å². The summed E-state index contributed by atoms with van der Waals surface area (Å²) in [4.78, 5) is 12.4. The molecule has 8 heteroatoms. The molecule has 1 aliphatic rings. The number of likely N-dealkylation sites (tertiary alicyclic amines) is 1. The summed E-state index contributed by atoms with van der Waals surface area (Å²) in [6, 6.07) is 0.456. The van der Waals surface area contributed by atoms with Gasteiger partial charge in [-0.2, -0.15) is 15.0 Å². The van der Waals surface area contributed by atoms with Crippen LogP contribution in [0.3, 0.4) is 0 Å². The van der Waals surface area contributed by atoms with Crippen LogP contribution in [0.4, 0.5) is 0 Å². The van der Waals surface area contributed by atoms with Gasteiger partial charge in [-0.1, -0.05) is 0 Å². The van der Waals surface area contributed by atoms with Crippen molar-refractivity contribution in [2.24, 2.45) is 0 Å². The Labute approximate surface area is 131 Å². The fourth-order valence-corrected chi connectivity index (χ4v) is 2.56. The summed E-state index contributed by atoms with van der Waals surface area (Å²) in [7, 11) is 0. The molecule has 1 aliphatic heterocycles. The van der Waals surface area contributed by atoms with Gasteiger partial charge in [0.15, 0.2) is 0 Å². The number of halogens is 1. The van der Waals surface area contributed by atoms with Gasteiger partial charge in [0, 0.05) is 32.0 Å². The predicted octanol–water partition coefficient (Wildman–Crippen LogP) is 1.37. The van der Waals surface area contributed by atoms with Crippen LogP contribution in [0.5, 0.6) is 6.01 Å². The third-order valence-corrected chi connectivity index (χ3v) is 3.90. The van der Waals surface area contributed by atoms with Crippen LogP contribution in [0, 0.1) is 0 Å². The van der Waals surface area contributed by atoms with E-state index >= 15 is 0 Å². The minimum Gasteiger partial charge on any atom is -0.460 e. The number of hydrogen-bond acceptors (Lipinski definition) is 6. The first kappa shape index (κ1) is 14.4. The highest BCUT2D eigenvalue weighted by molar-refractivity contribution is 9.10. The summed E-state index contributed by atoms with van der Waals surface area (Å²) in [6.45, 7) is 3.83. The normalized spacial score (nSPS) is 17.0. The second-order valence-electron chi connectivity index (χ2n) is 4.97. The Morgan fingerprint density at radius 3 is 2.43 bits per heavy atom. The van der Waals surface area contributed by atoms with E-state index in [9.17, 15) is 0 Å². The molecule has 0 bridgehead atoms. The fourth-order valence-electron chi connectivity index (χ4n) is 2.35. The maximum absolute atomic E-state index is 5.81. The Morgan fingerprint density at radius 1 is 1.10 bits per heavy atom. The largest absolute Gasteiger partial charge is 0.460 e. The predicted molar refractivity (Wildman–Crippen MR) is 79.8 cm³/mol. The average Bonchev–Trinajstić information content (AvgIpc) is 3.02. The molecule has 0 radical (unpaired) electrons. The van der Waals surface area contributed by atoms with Gasteiger partial charge in [0.2, 0.25) is 0 Å². The van der Waals surface area contributed by atoms with Gasteiger partial charge in [-0.3, -0.25) is 0 Å². The quantitative estimate of drug-likeness (QED) is 0.809. The van der Waals surface area contributed by atoms with E-state index in [4.69, 9.17) is 4.74 Å². The fraction of sp³-hybridized carbons (Fsp3) is 0.538. The minimum atomic E-state index is 0.199. The van der Waals surface area contributed by atoms with E-state index in [1.54, 1.807) is 29.6 Å². The zero-order valence-electron chi connectivity index (χ0n) is 11.6. The second kappa shape index (κ2) is 6.95. The van der Waals surface area contributed by atoms with E-state index in [2.05, 4.69) is 41.0 Å². The molecule has 0 spiro atoms. The molecular weight excluding hydrogens is 336 g/mol. The van der Waals surface area contributed by atoms with Gasteiger partial charge in [-0.15, -0.1) is 0 Å². The molecule has 0 atom stereocenters. The van der Waals surface area contributed by atoms with Crippen LogP contribution in [0.2, 0.25) is 0 Å². The molecule has 112 valence electrons. The Balaban J connectivity index is 1.41. The Kier molecular flexibility index (Phi) is 4.76. The Morgan fingerprint density at radius 2 is 1.76 bits per heavy atom. The first-order chi connectivity index (χ1) is 10.3. The SMILES string of the molecule is Brc1cnc(OC2CCN(CCn3nccn3)CC2)nc1. The van der Waals surface area contributed by atoms with Crippen molar-refractivity contribution in [3.8, 4) is 6.01 Å². The molecular formula is C13H17BrN6O. The average molecular weight is 353 g/mol. The van der Waals surface area contributed by atoms with E-state index < -0.39 is 0 Å². The molecule has 2 aromatic heterocycles. The molecule has 1 saturated heterocycles. The third kappa shape index (κ3) is 4.21. The highest BCUT2D eigenvalue weighted by atomic mass is 79.9. The zero-order valence-corrected chi connectivity index (χ0v) is 13.2. The smallest absolute Gasteiger partial charge is 0.316 e. The van der Waals surface area contributed by atoms with Crippen molar-refractivity contribution < 1.29 is 4.74 Å². The molecule has 0 unspecified atom stereocenters. The number of hydrogen-bond donors (Lipinski definition) is 0. The number of nitrogens with zero attached hydrogens (tertiary/aromatic N) is 6. The number of piperidine rings is 1. The number of rotatable bonds is 5. The summed E-state index contributed by atoms with van der Waals surface area (Å²) < 4.78 is 6.67. The highest BCUT2D eigenvalue weighted by Crippen LogP contribution is 2.16. The van der Waals surface area contributed by atoms with E-state index in [-0.39, 0.29) is 6.10 Å². The molecule has 7 nitrogen and oxygen atoms in total. The third-order valence-electron chi connectivity index (χ3n) is 3.49. The van der Waals surface area contributed by atoms with Gasteiger partial charge in [0.25, 0.3) is 0 Å². The highest BCUT2D eigenvalue weighted by Gasteiger charge is 2.21. The lowest BCUT2D eigenvalue weighted by Crippen LogP contribution is -2.40. The summed E-state index contributed by atoms with van der Waals surface area (Å²) in [6.07, 6.45) is 9.00. The summed E-state index contributed by atoms with van der Waals surface area (Å²) in [5.74, 6) is 0. The van der Waals surface area contributed by atoms with Crippen molar-refractivity contribution in [2.75, 3.05) is 19.6 Å². The van der Waals surface area contributed by atoms with Crippen LogP contribution in [0.1, 0.15) is 12.8 Å². The van der Waals surface area contributed by atoms with E-state index in [1.165, 1.54) is 0 Å². The van der Waals surface area contributed by atoms with E-state index in [1.807, 2.05) is 0 Å². The van der Waals surface area contributed by atoms with Gasteiger partial charge < -0.3 is 9.64 Å². The van der Waals surface area contributed by atoms with Crippen molar-refractivity contribution in [1.29, 1.82) is 0 Å². The molecule has 0 aromatic carbocycles. The van der Waals surface area contributed by atoms with Crippen LogP contribution in [0.25, 0.3) is 0 Å². The maximum atomic E-state index is 5.81. The first-order valence-electron chi connectivity index (χ1n) is 7.00.